The molecule has 2 rings (SSSR count). The molecule has 0 bridgehead atoms. The normalized spacial score (nSPS) is 19.9. The van der Waals surface area contributed by atoms with Crippen LogP contribution in [0.1, 0.15) is 24.9 Å². The topological polar surface area (TPSA) is 59.6 Å². The number of nitrogens with one attached hydrogen (secondary N) is 2. The third-order valence-electron chi connectivity index (χ3n) is 3.47. The standard InChI is InChI=1S/C15H21BrN2O3/c1-10(11-3-4-14(20-2)13(16)7-11)18-15(19)8-12-9-17-5-6-21-12/h3-4,7,10,12,17H,5-6,8-9H2,1-2H3,(H,18,19). The molecule has 1 saturated heterocycles. The maximum Gasteiger partial charge on any atom is 0.223 e. The van der Waals surface area contributed by atoms with E-state index in [4.69, 9.17) is 9.47 Å². The summed E-state index contributed by atoms with van der Waals surface area (Å²) in [6, 6.07) is 5.74. The summed E-state index contributed by atoms with van der Waals surface area (Å²) in [4.78, 5) is 12.0. The maximum atomic E-state index is 12.0. The first-order chi connectivity index (χ1) is 10.1. The second-order valence-corrected chi connectivity index (χ2v) is 5.94. The van der Waals surface area contributed by atoms with Gasteiger partial charge in [0.15, 0.2) is 0 Å². The van der Waals surface area contributed by atoms with Gasteiger partial charge in [-0.25, -0.2) is 0 Å². The minimum absolute atomic E-state index is 0.00291. The number of amides is 1. The molecule has 5 nitrogen and oxygen atoms in total. The lowest BCUT2D eigenvalue weighted by molar-refractivity contribution is -0.125. The van der Waals surface area contributed by atoms with Gasteiger partial charge in [0.05, 0.1) is 36.8 Å². The molecular weight excluding hydrogens is 336 g/mol. The molecule has 0 aliphatic carbocycles. The third kappa shape index (κ3) is 4.69. The molecular formula is C15H21BrN2O3. The van der Waals surface area contributed by atoms with E-state index in [1.807, 2.05) is 25.1 Å². The minimum atomic E-state index is -0.0590. The van der Waals surface area contributed by atoms with Gasteiger partial charge in [-0.1, -0.05) is 6.07 Å². The molecule has 0 aromatic heterocycles. The Morgan fingerprint density at radius 1 is 1.62 bits per heavy atom. The fourth-order valence-electron chi connectivity index (χ4n) is 2.29. The number of ether oxygens (including phenoxy) is 2. The zero-order valence-electron chi connectivity index (χ0n) is 12.3. The van der Waals surface area contributed by atoms with Crippen LogP contribution in [0.5, 0.6) is 5.75 Å². The first kappa shape index (κ1) is 16.3. The van der Waals surface area contributed by atoms with Crippen LogP contribution >= 0.6 is 15.9 Å². The number of benzene rings is 1. The number of hydrogen-bond acceptors (Lipinski definition) is 4. The summed E-state index contributed by atoms with van der Waals surface area (Å²) in [5, 5.41) is 6.22. The summed E-state index contributed by atoms with van der Waals surface area (Å²) in [7, 11) is 1.63. The summed E-state index contributed by atoms with van der Waals surface area (Å²) in [6.07, 6.45) is 0.350. The highest BCUT2D eigenvalue weighted by Crippen LogP contribution is 2.28. The fraction of sp³-hybridized carbons (Fsp3) is 0.533. The largest absolute Gasteiger partial charge is 0.496 e. The zero-order chi connectivity index (χ0) is 15.2. The molecule has 116 valence electrons. The number of halogens is 1. The smallest absolute Gasteiger partial charge is 0.223 e. The van der Waals surface area contributed by atoms with Gasteiger partial charge in [0.25, 0.3) is 0 Å². The van der Waals surface area contributed by atoms with Crippen molar-refractivity contribution in [2.45, 2.75) is 25.5 Å². The number of morpholine rings is 1. The predicted octanol–water partition coefficient (Wildman–Crippen LogP) is 2.01. The highest BCUT2D eigenvalue weighted by atomic mass is 79.9. The molecule has 1 heterocycles. The summed E-state index contributed by atoms with van der Waals surface area (Å²) in [6.45, 7) is 4.22. The van der Waals surface area contributed by atoms with E-state index in [0.29, 0.717) is 13.0 Å². The van der Waals surface area contributed by atoms with E-state index in [1.165, 1.54) is 0 Å². The Balaban J connectivity index is 1.89. The Bertz CT molecular complexity index is 490. The third-order valence-corrected chi connectivity index (χ3v) is 4.09. The van der Waals surface area contributed by atoms with Gasteiger partial charge in [0, 0.05) is 13.1 Å². The summed E-state index contributed by atoms with van der Waals surface area (Å²) < 4.78 is 11.6. The van der Waals surface area contributed by atoms with E-state index >= 15 is 0 Å². The first-order valence-electron chi connectivity index (χ1n) is 7.05. The van der Waals surface area contributed by atoms with Gasteiger partial charge in [-0.2, -0.15) is 0 Å². The molecule has 1 aromatic carbocycles. The highest BCUT2D eigenvalue weighted by Gasteiger charge is 2.19. The van der Waals surface area contributed by atoms with Crippen LogP contribution in [0.3, 0.4) is 0 Å². The van der Waals surface area contributed by atoms with E-state index < -0.39 is 0 Å². The Labute approximate surface area is 133 Å². The number of rotatable bonds is 5. The van der Waals surface area contributed by atoms with Crippen LogP contribution < -0.4 is 15.4 Å². The lowest BCUT2D eigenvalue weighted by Gasteiger charge is -2.24. The lowest BCUT2D eigenvalue weighted by Crippen LogP contribution is -2.41. The first-order valence-corrected chi connectivity index (χ1v) is 7.84. The van der Waals surface area contributed by atoms with E-state index in [-0.39, 0.29) is 18.1 Å². The van der Waals surface area contributed by atoms with Gasteiger partial charge in [0.1, 0.15) is 5.75 Å². The second-order valence-electron chi connectivity index (χ2n) is 5.08. The van der Waals surface area contributed by atoms with Gasteiger partial charge in [0.2, 0.25) is 5.91 Å². The Hall–Kier alpha value is -1.11. The summed E-state index contributed by atoms with van der Waals surface area (Å²) in [5.41, 5.74) is 1.03. The second kappa shape index (κ2) is 7.77. The Kier molecular flexibility index (Phi) is 6.02. The molecule has 0 spiro atoms. The van der Waals surface area contributed by atoms with Crippen LogP contribution in [0.2, 0.25) is 0 Å². The molecule has 2 atom stereocenters. The fourth-order valence-corrected chi connectivity index (χ4v) is 2.85. The number of hydrogen-bond donors (Lipinski definition) is 2. The van der Waals surface area contributed by atoms with E-state index in [2.05, 4.69) is 26.6 Å². The molecule has 0 saturated carbocycles. The van der Waals surface area contributed by atoms with Gasteiger partial charge >= 0.3 is 0 Å². The number of carbonyl (C=O) groups is 1. The Morgan fingerprint density at radius 2 is 2.43 bits per heavy atom. The van der Waals surface area contributed by atoms with Crippen molar-refractivity contribution in [1.29, 1.82) is 0 Å². The Morgan fingerprint density at radius 3 is 3.05 bits per heavy atom. The van der Waals surface area contributed by atoms with Crippen LogP contribution in [0.4, 0.5) is 0 Å². The van der Waals surface area contributed by atoms with Crippen LogP contribution in [0, 0.1) is 0 Å². The van der Waals surface area contributed by atoms with Gasteiger partial charge in [-0.3, -0.25) is 4.79 Å². The summed E-state index contributed by atoms with van der Waals surface area (Å²) in [5.74, 6) is 0.780. The van der Waals surface area contributed by atoms with Crippen LogP contribution in [-0.4, -0.2) is 38.8 Å². The average molecular weight is 357 g/mol. The van der Waals surface area contributed by atoms with Crippen molar-refractivity contribution in [2.24, 2.45) is 0 Å². The molecule has 1 fully saturated rings. The molecule has 2 unspecified atom stereocenters. The maximum absolute atomic E-state index is 12.0. The molecule has 6 heteroatoms. The number of carbonyl (C=O) groups excluding carboxylic acids is 1. The van der Waals surface area contributed by atoms with Crippen molar-refractivity contribution in [2.75, 3.05) is 26.8 Å². The van der Waals surface area contributed by atoms with Crippen LogP contribution in [-0.2, 0) is 9.53 Å². The predicted molar refractivity (Wildman–Crippen MR) is 84.5 cm³/mol. The SMILES string of the molecule is COc1ccc(C(C)NC(=O)CC2CNCCO2)cc1Br. The van der Waals surface area contributed by atoms with Crippen molar-refractivity contribution in [3.05, 3.63) is 28.2 Å². The van der Waals surface area contributed by atoms with Gasteiger partial charge < -0.3 is 20.1 Å². The van der Waals surface area contributed by atoms with Crippen molar-refractivity contribution in [3.63, 3.8) is 0 Å². The van der Waals surface area contributed by atoms with Crippen molar-refractivity contribution in [1.82, 2.24) is 10.6 Å². The quantitative estimate of drug-likeness (QED) is 0.847. The minimum Gasteiger partial charge on any atom is -0.496 e. The molecule has 1 aromatic rings. The molecule has 2 N–H and O–H groups in total. The zero-order valence-corrected chi connectivity index (χ0v) is 13.9. The molecule has 1 aliphatic heterocycles. The monoisotopic (exact) mass is 356 g/mol. The van der Waals surface area contributed by atoms with Gasteiger partial charge in [-0.05, 0) is 40.5 Å². The molecule has 21 heavy (non-hydrogen) atoms. The molecule has 1 amide bonds. The highest BCUT2D eigenvalue weighted by molar-refractivity contribution is 9.10. The van der Waals surface area contributed by atoms with Crippen LogP contribution in [0.25, 0.3) is 0 Å². The van der Waals surface area contributed by atoms with Crippen molar-refractivity contribution in [3.8, 4) is 5.75 Å². The van der Waals surface area contributed by atoms with E-state index in [1.54, 1.807) is 7.11 Å². The van der Waals surface area contributed by atoms with Crippen molar-refractivity contribution < 1.29 is 14.3 Å². The molecule has 0 radical (unpaired) electrons. The average Bonchev–Trinajstić information content (AvgIpc) is 2.48. The van der Waals surface area contributed by atoms with E-state index in [9.17, 15) is 4.79 Å². The van der Waals surface area contributed by atoms with Gasteiger partial charge in [-0.15, -0.1) is 0 Å². The lowest BCUT2D eigenvalue weighted by atomic mass is 10.1. The van der Waals surface area contributed by atoms with E-state index in [0.717, 1.165) is 28.9 Å². The van der Waals surface area contributed by atoms with Crippen molar-refractivity contribution >= 4 is 21.8 Å². The molecule has 1 aliphatic rings. The summed E-state index contributed by atoms with van der Waals surface area (Å²) >= 11 is 3.46. The number of methoxy groups -OCH3 is 1. The van der Waals surface area contributed by atoms with Crippen LogP contribution in [0.15, 0.2) is 22.7 Å².